The van der Waals surface area contributed by atoms with Crippen molar-refractivity contribution in [2.75, 3.05) is 0 Å². The molecule has 0 saturated carbocycles. The molecule has 0 saturated heterocycles. The van der Waals surface area contributed by atoms with Gasteiger partial charge in [-0.15, -0.1) is 0 Å². The van der Waals surface area contributed by atoms with E-state index in [4.69, 9.17) is 4.99 Å². The van der Waals surface area contributed by atoms with Gasteiger partial charge in [-0.25, -0.2) is 0 Å². The van der Waals surface area contributed by atoms with Crippen LogP contribution < -0.4 is 8.92 Å². The zero-order valence-electron chi connectivity index (χ0n) is 11.2. The first kappa shape index (κ1) is 12.5. The number of aliphatic imine (C=N–C) groups is 1. The van der Waals surface area contributed by atoms with Crippen LogP contribution in [-0.4, -0.2) is 25.7 Å². The molecule has 0 spiro atoms. The Morgan fingerprint density at radius 1 is 0.714 bits per heavy atom. The van der Waals surface area contributed by atoms with E-state index in [1.54, 1.807) is 0 Å². The zero-order chi connectivity index (χ0) is 14.1. The summed E-state index contributed by atoms with van der Waals surface area (Å²) in [6.07, 6.45) is 3.64. The van der Waals surface area contributed by atoms with Crippen LogP contribution in [0.25, 0.3) is 0 Å². The summed E-state index contributed by atoms with van der Waals surface area (Å²) in [5, 5.41) is 0. The van der Waals surface area contributed by atoms with Crippen LogP contribution in [0.2, 0.25) is 0 Å². The Labute approximate surface area is 129 Å². The molecule has 0 atom stereocenters. The maximum atomic E-state index is 4.96. The van der Waals surface area contributed by atoms with E-state index in [-0.39, 0.29) is 15.0 Å². The van der Waals surface area contributed by atoms with Gasteiger partial charge >= 0.3 is 129 Å². The van der Waals surface area contributed by atoms with Crippen LogP contribution in [-0.2, 0) is 0 Å². The third-order valence-electron chi connectivity index (χ3n) is 3.41. The quantitative estimate of drug-likeness (QED) is 0.490. The van der Waals surface area contributed by atoms with Crippen molar-refractivity contribution in [3.8, 4) is 0 Å². The van der Waals surface area contributed by atoms with Crippen LogP contribution in [0.15, 0.2) is 78.0 Å². The topological polar surface area (TPSA) is 25.2 Å². The predicted octanol–water partition coefficient (Wildman–Crippen LogP) is 2.22. The van der Waals surface area contributed by atoms with Gasteiger partial charge in [-0.05, 0) is 0 Å². The molecule has 0 radical (unpaired) electrons. The molecule has 1 aromatic heterocycles. The third-order valence-corrected chi connectivity index (χ3v) is 5.81. The van der Waals surface area contributed by atoms with E-state index < -0.39 is 0 Å². The summed E-state index contributed by atoms with van der Waals surface area (Å²) in [5.74, 6) is 0. The number of para-hydroxylation sites is 1. The van der Waals surface area contributed by atoms with Crippen molar-refractivity contribution >= 4 is 35.3 Å². The summed E-state index contributed by atoms with van der Waals surface area (Å²) < 4.78 is 2.71. The molecule has 2 aromatic carbocycles. The van der Waals surface area contributed by atoms with Crippen molar-refractivity contribution in [3.05, 3.63) is 84.2 Å². The van der Waals surface area contributed by atoms with Gasteiger partial charge in [0, 0.05) is 0 Å². The average Bonchev–Trinajstić information content (AvgIpc) is 2.72. The Bertz CT molecular complexity index is 825. The summed E-state index contributed by atoms with van der Waals surface area (Å²) in [4.78, 5) is 9.07. The molecule has 3 aromatic rings. The Morgan fingerprint density at radius 3 is 2.29 bits per heavy atom. The molecule has 0 N–H and O–H groups in total. The van der Waals surface area contributed by atoms with Gasteiger partial charge in [0.05, 0.1) is 0 Å². The summed E-state index contributed by atoms with van der Waals surface area (Å²) in [6, 6.07) is 21.1. The molecule has 1 aliphatic rings. The molecule has 21 heavy (non-hydrogen) atoms. The number of aromatic nitrogens is 1. The van der Waals surface area contributed by atoms with Gasteiger partial charge in [0.15, 0.2) is 0 Å². The monoisotopic (exact) mass is 336 g/mol. The summed E-state index contributed by atoms with van der Waals surface area (Å²) >= 11 is 0.283. The van der Waals surface area contributed by atoms with E-state index >= 15 is 0 Å². The van der Waals surface area contributed by atoms with E-state index in [1.165, 1.54) is 14.5 Å². The Balaban J connectivity index is 2.00. The maximum absolute atomic E-state index is 4.96. The van der Waals surface area contributed by atoms with Crippen molar-refractivity contribution in [1.29, 1.82) is 0 Å². The molecule has 1 aliphatic heterocycles. The molecule has 4 rings (SSSR count). The molecular formula is C18H12N2Se. The number of fused-ring (bicyclic) bond motifs is 2. The van der Waals surface area contributed by atoms with Crippen molar-refractivity contribution in [1.82, 2.24) is 4.98 Å². The van der Waals surface area contributed by atoms with Crippen LogP contribution >= 0.6 is 0 Å². The number of nitrogens with zero attached hydrogens (tertiary/aromatic N) is 2. The molecule has 2 heterocycles. The van der Waals surface area contributed by atoms with Crippen LogP contribution in [0.4, 0.5) is 5.69 Å². The fraction of sp³-hybridized carbons (Fsp3) is 0. The van der Waals surface area contributed by atoms with Crippen molar-refractivity contribution in [2.24, 2.45) is 4.99 Å². The number of rotatable bonds is 1. The zero-order valence-corrected chi connectivity index (χ0v) is 12.9. The standard InChI is InChI=1S/C18H12N2Se/c1-3-7-16-14(5-1)18(13-9-11-19-12-10-13)20-15-6-2-4-8-17(15)21-16/h1-12H. The van der Waals surface area contributed by atoms with E-state index in [0.717, 1.165) is 17.0 Å². The molecule has 0 aliphatic carbocycles. The van der Waals surface area contributed by atoms with Crippen LogP contribution in [0.1, 0.15) is 11.1 Å². The van der Waals surface area contributed by atoms with Crippen LogP contribution in [0, 0.1) is 0 Å². The Hall–Kier alpha value is -2.22. The normalized spacial score (nSPS) is 12.9. The second kappa shape index (κ2) is 5.28. The number of hydrogen-bond acceptors (Lipinski definition) is 2. The van der Waals surface area contributed by atoms with Crippen molar-refractivity contribution in [2.45, 2.75) is 0 Å². The summed E-state index contributed by atoms with van der Waals surface area (Å²) in [6.45, 7) is 0. The van der Waals surface area contributed by atoms with E-state index in [2.05, 4.69) is 53.5 Å². The fourth-order valence-electron chi connectivity index (χ4n) is 2.42. The van der Waals surface area contributed by atoms with E-state index in [1.807, 2.05) is 24.5 Å². The minimum absolute atomic E-state index is 0.283. The molecule has 2 nitrogen and oxygen atoms in total. The molecule has 3 heteroatoms. The van der Waals surface area contributed by atoms with Gasteiger partial charge in [-0.3, -0.25) is 0 Å². The van der Waals surface area contributed by atoms with Gasteiger partial charge in [0.25, 0.3) is 0 Å². The number of benzene rings is 2. The first-order chi connectivity index (χ1) is 10.4. The minimum atomic E-state index is 0.283. The molecule has 0 amide bonds. The summed E-state index contributed by atoms with van der Waals surface area (Å²) in [7, 11) is 0. The van der Waals surface area contributed by atoms with Gasteiger partial charge in [0.1, 0.15) is 0 Å². The van der Waals surface area contributed by atoms with Gasteiger partial charge in [-0.2, -0.15) is 0 Å². The average molecular weight is 335 g/mol. The van der Waals surface area contributed by atoms with E-state index in [0.29, 0.717) is 0 Å². The van der Waals surface area contributed by atoms with Crippen molar-refractivity contribution in [3.63, 3.8) is 0 Å². The van der Waals surface area contributed by atoms with Crippen LogP contribution in [0.3, 0.4) is 0 Å². The predicted molar refractivity (Wildman–Crippen MR) is 87.4 cm³/mol. The molecular weight excluding hydrogens is 323 g/mol. The molecule has 0 bridgehead atoms. The van der Waals surface area contributed by atoms with Crippen molar-refractivity contribution < 1.29 is 0 Å². The first-order valence-corrected chi connectivity index (χ1v) is 8.48. The number of hydrogen-bond donors (Lipinski definition) is 0. The second-order valence-electron chi connectivity index (χ2n) is 4.76. The number of pyridine rings is 1. The second-order valence-corrected chi connectivity index (χ2v) is 7.04. The van der Waals surface area contributed by atoms with Gasteiger partial charge in [-0.1, -0.05) is 0 Å². The third kappa shape index (κ3) is 2.31. The SMILES string of the molecule is c1ccc2c(c1)N=C(c1ccncc1)c1ccccc1[Se]2. The summed E-state index contributed by atoms with van der Waals surface area (Å²) in [5.41, 5.74) is 4.48. The van der Waals surface area contributed by atoms with Crippen LogP contribution in [0.5, 0.6) is 0 Å². The molecule has 0 unspecified atom stereocenters. The van der Waals surface area contributed by atoms with E-state index in [9.17, 15) is 0 Å². The Morgan fingerprint density at radius 2 is 1.43 bits per heavy atom. The fourth-order valence-corrected chi connectivity index (χ4v) is 4.56. The Kier molecular flexibility index (Phi) is 3.15. The van der Waals surface area contributed by atoms with Gasteiger partial charge in [0.2, 0.25) is 0 Å². The molecule has 0 fully saturated rings. The first-order valence-electron chi connectivity index (χ1n) is 6.77. The molecule has 100 valence electrons. The van der Waals surface area contributed by atoms with Gasteiger partial charge < -0.3 is 0 Å².